The van der Waals surface area contributed by atoms with E-state index < -0.39 is 53.1 Å². The molecule has 1 fully saturated rings. The predicted octanol–water partition coefficient (Wildman–Crippen LogP) is 3.77. The number of hydrogen-bond acceptors (Lipinski definition) is 9. The summed E-state index contributed by atoms with van der Waals surface area (Å²) in [6.07, 6.45) is -7.55. The fourth-order valence-electron chi connectivity index (χ4n) is 4.88. The van der Waals surface area contributed by atoms with Crippen LogP contribution in [0, 0.1) is 11.7 Å². The normalized spacial score (nSPS) is 14.3. The number of aromatic nitrogens is 2. The number of anilines is 1. The van der Waals surface area contributed by atoms with Crippen LogP contribution in [0.4, 0.5) is 36.6 Å². The first-order valence-electron chi connectivity index (χ1n) is 16.4. The predicted molar refractivity (Wildman–Crippen MR) is 179 cm³/mol. The molecule has 0 saturated carbocycles. The summed E-state index contributed by atoms with van der Waals surface area (Å²) in [7, 11) is 0. The first-order chi connectivity index (χ1) is 25.6. The minimum atomic E-state index is -5.77. The number of nitrogens with two attached hydrogens (primary N) is 1. The zero-order valence-electron chi connectivity index (χ0n) is 29.4. The van der Waals surface area contributed by atoms with Crippen molar-refractivity contribution in [3.63, 3.8) is 0 Å². The van der Waals surface area contributed by atoms with Gasteiger partial charge in [0.1, 0.15) is 18.4 Å². The lowest BCUT2D eigenvalue weighted by molar-refractivity contribution is -0.193. The first kappa shape index (κ1) is 43.9. The van der Waals surface area contributed by atoms with Gasteiger partial charge in [-0.2, -0.15) is 26.3 Å². The molecule has 0 spiro atoms. The van der Waals surface area contributed by atoms with Crippen LogP contribution in [0.25, 0.3) is 0 Å². The Hall–Kier alpha value is -5.50. The third-order valence-corrected chi connectivity index (χ3v) is 7.87. The number of ether oxygens (including phenoxy) is 1. The van der Waals surface area contributed by atoms with Crippen molar-refractivity contribution in [3.8, 4) is 0 Å². The topological polar surface area (TPSA) is 183 Å². The Balaban J connectivity index is 0.000000583. The Kier molecular flexibility index (Phi) is 14.9. The number of piperidine rings is 1. The molecule has 4 N–H and O–H groups in total. The molecule has 1 atom stereocenters. The van der Waals surface area contributed by atoms with Crippen LogP contribution in [-0.2, 0) is 41.9 Å². The minimum absolute atomic E-state index is 0.00115. The van der Waals surface area contributed by atoms with Gasteiger partial charge in [0.25, 0.3) is 5.91 Å². The van der Waals surface area contributed by atoms with E-state index in [-0.39, 0.29) is 43.2 Å². The highest BCUT2D eigenvalue weighted by Crippen LogP contribution is 2.24. The monoisotopic (exact) mass is 786 g/mol. The number of likely N-dealkylation sites (tertiary alicyclic amines) is 1. The summed E-state index contributed by atoms with van der Waals surface area (Å²) < 4.78 is 87.4. The number of halogens is 7. The van der Waals surface area contributed by atoms with Crippen molar-refractivity contribution >= 4 is 40.9 Å². The zero-order chi connectivity index (χ0) is 41.1. The van der Waals surface area contributed by atoms with Crippen LogP contribution in [0.3, 0.4) is 0 Å². The number of carbonyl (C=O) groups is 6. The number of hydrogen-bond donors (Lipinski definition) is 3. The van der Waals surface area contributed by atoms with Crippen molar-refractivity contribution in [1.82, 2.24) is 19.8 Å². The second kappa shape index (κ2) is 18.7. The summed E-state index contributed by atoms with van der Waals surface area (Å²) in [6, 6.07) is 13.9. The minimum Gasteiger partial charge on any atom is -0.374 e. The van der Waals surface area contributed by atoms with Gasteiger partial charge in [0, 0.05) is 30.8 Å². The molecule has 0 bridgehead atoms. The highest BCUT2D eigenvalue weighted by Gasteiger charge is 2.54. The number of carbonyl (C=O) groups excluding carboxylic acids is 6. The molecule has 2 heterocycles. The molecule has 0 radical (unpaired) electrons. The molecule has 3 amide bonds. The van der Waals surface area contributed by atoms with Gasteiger partial charge < -0.3 is 30.6 Å². The molecular weight excluding hydrogens is 749 g/mol. The molecule has 13 nitrogen and oxygen atoms in total. The maximum Gasteiger partial charge on any atom is 0.458 e. The molecule has 3 aromatic rings. The number of alkyl halides is 6. The van der Waals surface area contributed by atoms with Gasteiger partial charge in [-0.05, 0) is 56.5 Å². The summed E-state index contributed by atoms with van der Waals surface area (Å²) >= 11 is 0. The van der Waals surface area contributed by atoms with Crippen molar-refractivity contribution in [1.29, 1.82) is 0 Å². The van der Waals surface area contributed by atoms with Gasteiger partial charge in [-0.3, -0.25) is 28.8 Å². The van der Waals surface area contributed by atoms with Gasteiger partial charge in [-0.15, -0.1) is 0 Å². The zero-order valence-corrected chi connectivity index (χ0v) is 29.4. The van der Waals surface area contributed by atoms with Crippen molar-refractivity contribution < 1.29 is 64.2 Å². The van der Waals surface area contributed by atoms with E-state index in [0.717, 1.165) is 5.56 Å². The molecule has 55 heavy (non-hydrogen) atoms. The average Bonchev–Trinajstić information content (AvgIpc) is 3.56. The van der Waals surface area contributed by atoms with E-state index >= 15 is 0 Å². The molecule has 298 valence electrons. The van der Waals surface area contributed by atoms with Crippen molar-refractivity contribution in [3.05, 3.63) is 84.1 Å². The number of amides is 3. The average molecular weight is 787 g/mol. The second-order valence-corrected chi connectivity index (χ2v) is 12.8. The molecule has 1 aromatic heterocycles. The number of Topliss-reactive ketones (excluding diaryl/α,β-unsaturated/α-hetero) is 3. The van der Waals surface area contributed by atoms with Crippen LogP contribution in [0.5, 0.6) is 0 Å². The Morgan fingerprint density at radius 1 is 0.891 bits per heavy atom. The molecule has 20 heteroatoms. The Labute approximate surface area is 309 Å². The van der Waals surface area contributed by atoms with E-state index in [2.05, 4.69) is 15.6 Å². The van der Waals surface area contributed by atoms with Crippen molar-refractivity contribution in [2.45, 2.75) is 63.8 Å². The van der Waals surface area contributed by atoms with Crippen LogP contribution in [0.15, 0.2) is 67.1 Å². The molecule has 1 aliphatic heterocycles. The summed E-state index contributed by atoms with van der Waals surface area (Å²) in [5.74, 6) is -8.48. The van der Waals surface area contributed by atoms with E-state index in [0.29, 0.717) is 31.5 Å². The largest absolute Gasteiger partial charge is 0.458 e. The van der Waals surface area contributed by atoms with E-state index in [1.807, 2.05) is 30.3 Å². The molecule has 2 aromatic carbocycles. The van der Waals surface area contributed by atoms with Crippen LogP contribution in [-0.4, -0.2) is 93.2 Å². The fourth-order valence-corrected chi connectivity index (χ4v) is 4.88. The number of nitrogens with one attached hydrogen (secondary N) is 2. The lowest BCUT2D eigenvalue weighted by atomic mass is 9.89. The van der Waals surface area contributed by atoms with Gasteiger partial charge in [0.05, 0.1) is 25.1 Å². The number of imidazole rings is 1. The van der Waals surface area contributed by atoms with E-state index in [1.54, 1.807) is 9.47 Å². The number of benzene rings is 2. The highest BCUT2D eigenvalue weighted by atomic mass is 19.4. The Bertz CT molecular complexity index is 1790. The van der Waals surface area contributed by atoms with E-state index in [1.165, 1.54) is 50.6 Å². The molecule has 0 unspecified atom stereocenters. The quantitative estimate of drug-likeness (QED) is 0.132. The summed E-state index contributed by atoms with van der Waals surface area (Å²) in [5, 5.41) is 5.30. The molecule has 4 rings (SSSR count). The lowest BCUT2D eigenvalue weighted by Gasteiger charge is -2.31. The molecule has 0 aliphatic carbocycles. The summed E-state index contributed by atoms with van der Waals surface area (Å²) in [5.41, 5.74) is 6.08. The van der Waals surface area contributed by atoms with E-state index in [4.69, 9.17) is 10.5 Å². The van der Waals surface area contributed by atoms with Gasteiger partial charge in [-0.25, -0.2) is 9.37 Å². The van der Waals surface area contributed by atoms with Gasteiger partial charge in [-0.1, -0.05) is 30.3 Å². The van der Waals surface area contributed by atoms with Crippen LogP contribution in [0.1, 0.15) is 42.6 Å². The molecule has 1 saturated heterocycles. The van der Waals surface area contributed by atoms with Crippen molar-refractivity contribution in [2.24, 2.45) is 11.7 Å². The highest BCUT2D eigenvalue weighted by molar-refractivity contribution is 6.41. The maximum absolute atomic E-state index is 13.2. The number of rotatable bonds is 13. The summed E-state index contributed by atoms with van der Waals surface area (Å²) in [4.78, 5) is 76.4. The van der Waals surface area contributed by atoms with Gasteiger partial charge >= 0.3 is 23.9 Å². The lowest BCUT2D eigenvalue weighted by Crippen LogP contribution is -2.56. The number of nitrogens with zero attached hydrogens (tertiary/aromatic N) is 3. The fraction of sp³-hybridized carbons (Fsp3) is 0.400. The Morgan fingerprint density at radius 3 is 1.98 bits per heavy atom. The van der Waals surface area contributed by atoms with Crippen LogP contribution < -0.4 is 16.4 Å². The smallest absolute Gasteiger partial charge is 0.374 e. The number of ketones is 3. The third-order valence-electron chi connectivity index (χ3n) is 7.87. The summed E-state index contributed by atoms with van der Waals surface area (Å²) in [6.45, 7) is 4.08. The second-order valence-electron chi connectivity index (χ2n) is 12.8. The van der Waals surface area contributed by atoms with Crippen LogP contribution in [0.2, 0.25) is 0 Å². The standard InChI is InChI=1S/C31H37FN6O5.C4F6O2/c1-31(2,33)30(42)35-25(19-43-18-21-6-4-3-5-7-21)29(41)36-26-16-37(20-34-26)17-27(39)38-14-12-23(13-15-38)28(40)22-8-10-24(32)11-9-22;5-3(6,7)1(11)2(12)4(8,9)10/h3-11,16,20,23,25H,12-15,17-19,33H2,1-2H3,(H,35,42)(H,36,41);/t25-;/m1./s1. The molecular formula is C35H37F7N6O7. The van der Waals surface area contributed by atoms with E-state index in [9.17, 15) is 59.5 Å². The van der Waals surface area contributed by atoms with Gasteiger partial charge in [0.15, 0.2) is 11.6 Å². The van der Waals surface area contributed by atoms with Crippen LogP contribution >= 0.6 is 0 Å². The molecule has 1 aliphatic rings. The SMILES string of the molecule is CC(C)(N)C(=O)N[C@H](COCc1ccccc1)C(=O)Nc1cn(CC(=O)N2CCC(C(=O)c3ccc(F)cc3)CC2)cn1.O=C(C(=O)C(F)(F)F)C(F)(F)F. The Morgan fingerprint density at radius 2 is 1.45 bits per heavy atom. The third kappa shape index (κ3) is 13.7. The first-order valence-corrected chi connectivity index (χ1v) is 16.4. The van der Waals surface area contributed by atoms with Gasteiger partial charge in [0.2, 0.25) is 11.8 Å². The maximum atomic E-state index is 13.2. The van der Waals surface area contributed by atoms with Crippen molar-refractivity contribution in [2.75, 3.05) is 25.0 Å².